The molecule has 2 N–H and O–H groups in total. The Morgan fingerprint density at radius 2 is 1.75 bits per heavy atom. The van der Waals surface area contributed by atoms with E-state index in [1.807, 2.05) is 14.1 Å². The van der Waals surface area contributed by atoms with E-state index in [4.69, 9.17) is 40.2 Å². The molecule has 112 valence electrons. The fraction of sp³-hybridized carbons (Fsp3) is 0.462. The van der Waals surface area contributed by atoms with Crippen LogP contribution < -0.4 is 15.4 Å². The molecule has 4 nitrogen and oxygen atoms in total. The number of rotatable bonds is 7. The first-order valence-electron chi connectivity index (χ1n) is 6.22. The van der Waals surface area contributed by atoms with E-state index in [1.165, 1.54) is 0 Å². The summed E-state index contributed by atoms with van der Waals surface area (Å²) in [7, 11) is 4.03. The van der Waals surface area contributed by atoms with Gasteiger partial charge in [0.25, 0.3) is 0 Å². The molecule has 0 radical (unpaired) electrons. The van der Waals surface area contributed by atoms with Gasteiger partial charge >= 0.3 is 0 Å². The molecule has 0 unspecified atom stereocenters. The molecule has 0 aliphatic carbocycles. The number of hydrogen-bond donors (Lipinski definition) is 2. The van der Waals surface area contributed by atoms with Crippen molar-refractivity contribution < 1.29 is 4.74 Å². The Hall–Kier alpha value is -0.750. The Morgan fingerprint density at radius 1 is 1.15 bits per heavy atom. The van der Waals surface area contributed by atoms with Gasteiger partial charge in [0.15, 0.2) is 5.11 Å². The first kappa shape index (κ1) is 17.3. The van der Waals surface area contributed by atoms with Crippen LogP contribution in [0.15, 0.2) is 18.2 Å². The van der Waals surface area contributed by atoms with Gasteiger partial charge in [0.2, 0.25) is 0 Å². The smallest absolute Gasteiger partial charge is 0.166 e. The summed E-state index contributed by atoms with van der Waals surface area (Å²) in [5, 5.41) is 7.92. The van der Waals surface area contributed by atoms with E-state index in [0.717, 1.165) is 13.1 Å². The zero-order chi connectivity index (χ0) is 15.0. The third kappa shape index (κ3) is 7.75. The maximum atomic E-state index is 5.88. The standard InChI is InChI=1S/C13H19Cl2N3OS/c1-18(2)5-3-16-13(20)17-4-6-19-12-8-10(14)7-11(15)9-12/h7-9H,3-6H2,1-2H3,(H2,16,17,20). The van der Waals surface area contributed by atoms with Crippen molar-refractivity contribution in [1.29, 1.82) is 0 Å². The molecule has 0 bridgehead atoms. The second-order valence-electron chi connectivity index (χ2n) is 4.44. The molecule has 1 aromatic carbocycles. The summed E-state index contributed by atoms with van der Waals surface area (Å²) in [5.41, 5.74) is 0. The van der Waals surface area contributed by atoms with Crippen molar-refractivity contribution in [2.75, 3.05) is 40.3 Å². The van der Waals surface area contributed by atoms with E-state index < -0.39 is 0 Å². The molecule has 0 saturated carbocycles. The molecule has 0 atom stereocenters. The molecule has 0 aromatic heterocycles. The second-order valence-corrected chi connectivity index (χ2v) is 5.72. The molecule has 0 aliphatic heterocycles. The van der Waals surface area contributed by atoms with Crippen LogP contribution in [0.3, 0.4) is 0 Å². The molecule has 7 heteroatoms. The minimum atomic E-state index is 0.478. The lowest BCUT2D eigenvalue weighted by molar-refractivity contribution is 0.322. The molecular formula is C13H19Cl2N3OS. The minimum absolute atomic E-state index is 0.478. The van der Waals surface area contributed by atoms with Crippen molar-refractivity contribution in [1.82, 2.24) is 15.5 Å². The van der Waals surface area contributed by atoms with Crippen LogP contribution in [0.5, 0.6) is 5.75 Å². The van der Waals surface area contributed by atoms with Gasteiger partial charge in [0.05, 0.1) is 6.54 Å². The van der Waals surface area contributed by atoms with Crippen molar-refractivity contribution in [2.45, 2.75) is 0 Å². The van der Waals surface area contributed by atoms with Crippen molar-refractivity contribution in [3.05, 3.63) is 28.2 Å². The highest BCUT2D eigenvalue weighted by atomic mass is 35.5. The molecule has 0 saturated heterocycles. The lowest BCUT2D eigenvalue weighted by atomic mass is 10.3. The van der Waals surface area contributed by atoms with E-state index in [-0.39, 0.29) is 0 Å². The zero-order valence-corrected chi connectivity index (χ0v) is 13.9. The fourth-order valence-corrected chi connectivity index (χ4v) is 2.11. The molecule has 0 spiro atoms. The Labute approximate surface area is 135 Å². The molecule has 1 rings (SSSR count). The monoisotopic (exact) mass is 335 g/mol. The molecule has 0 aliphatic rings. The summed E-state index contributed by atoms with van der Waals surface area (Å²) in [4.78, 5) is 2.08. The molecule has 20 heavy (non-hydrogen) atoms. The Morgan fingerprint density at radius 3 is 2.35 bits per heavy atom. The predicted molar refractivity (Wildman–Crippen MR) is 89.1 cm³/mol. The average molecular weight is 336 g/mol. The Kier molecular flexibility index (Phi) is 7.99. The number of thiocarbonyl (C=S) groups is 1. The van der Waals surface area contributed by atoms with Gasteiger partial charge < -0.3 is 20.3 Å². The summed E-state index contributed by atoms with van der Waals surface area (Å²) < 4.78 is 5.53. The molecular weight excluding hydrogens is 317 g/mol. The van der Waals surface area contributed by atoms with Crippen LogP contribution in [0.25, 0.3) is 0 Å². The first-order valence-corrected chi connectivity index (χ1v) is 7.39. The van der Waals surface area contributed by atoms with Crippen LogP contribution >= 0.6 is 35.4 Å². The molecule has 0 fully saturated rings. The van der Waals surface area contributed by atoms with Crippen molar-refractivity contribution in [3.63, 3.8) is 0 Å². The van der Waals surface area contributed by atoms with Gasteiger partial charge in [-0.05, 0) is 44.5 Å². The number of ether oxygens (including phenoxy) is 1. The molecule has 1 aromatic rings. The summed E-state index contributed by atoms with van der Waals surface area (Å²) in [6.45, 7) is 2.83. The third-order valence-electron chi connectivity index (χ3n) is 2.34. The number of benzene rings is 1. The van der Waals surface area contributed by atoms with E-state index in [2.05, 4.69) is 15.5 Å². The van der Waals surface area contributed by atoms with Gasteiger partial charge in [0, 0.05) is 23.1 Å². The highest BCUT2D eigenvalue weighted by molar-refractivity contribution is 7.80. The number of nitrogens with one attached hydrogen (secondary N) is 2. The Bertz CT molecular complexity index is 423. The quantitative estimate of drug-likeness (QED) is 0.591. The predicted octanol–water partition coefficient (Wildman–Crippen LogP) is 2.40. The minimum Gasteiger partial charge on any atom is -0.492 e. The van der Waals surface area contributed by atoms with Crippen LogP contribution in [-0.4, -0.2) is 50.3 Å². The van der Waals surface area contributed by atoms with Gasteiger partial charge in [-0.25, -0.2) is 0 Å². The maximum absolute atomic E-state index is 5.88. The number of halogens is 2. The van der Waals surface area contributed by atoms with E-state index in [1.54, 1.807) is 18.2 Å². The molecule has 0 heterocycles. The lowest BCUT2D eigenvalue weighted by Gasteiger charge is -2.13. The van der Waals surface area contributed by atoms with Gasteiger partial charge in [0.1, 0.15) is 12.4 Å². The third-order valence-corrected chi connectivity index (χ3v) is 3.06. The average Bonchev–Trinajstić information content (AvgIpc) is 2.33. The van der Waals surface area contributed by atoms with Gasteiger partial charge in [-0.3, -0.25) is 0 Å². The van der Waals surface area contributed by atoms with Crippen LogP contribution in [0.2, 0.25) is 10.0 Å². The second kappa shape index (κ2) is 9.23. The summed E-state index contributed by atoms with van der Waals surface area (Å²) in [6, 6.07) is 5.11. The summed E-state index contributed by atoms with van der Waals surface area (Å²) in [6.07, 6.45) is 0. The lowest BCUT2D eigenvalue weighted by Crippen LogP contribution is -2.40. The fourth-order valence-electron chi connectivity index (χ4n) is 1.40. The highest BCUT2D eigenvalue weighted by Gasteiger charge is 2.00. The van der Waals surface area contributed by atoms with E-state index >= 15 is 0 Å². The van der Waals surface area contributed by atoms with Crippen LogP contribution in [-0.2, 0) is 0 Å². The molecule has 0 amide bonds. The van der Waals surface area contributed by atoms with Gasteiger partial charge in [-0.15, -0.1) is 0 Å². The summed E-state index contributed by atoms with van der Waals surface area (Å²) in [5.74, 6) is 0.649. The van der Waals surface area contributed by atoms with E-state index in [9.17, 15) is 0 Å². The first-order chi connectivity index (χ1) is 9.47. The normalized spacial score (nSPS) is 10.4. The van der Waals surface area contributed by atoms with Gasteiger partial charge in [-0.1, -0.05) is 23.2 Å². The number of nitrogens with zero attached hydrogens (tertiary/aromatic N) is 1. The van der Waals surface area contributed by atoms with Crippen molar-refractivity contribution in [3.8, 4) is 5.75 Å². The van der Waals surface area contributed by atoms with Gasteiger partial charge in [-0.2, -0.15) is 0 Å². The highest BCUT2D eigenvalue weighted by Crippen LogP contribution is 2.23. The SMILES string of the molecule is CN(C)CCNC(=S)NCCOc1cc(Cl)cc(Cl)c1. The summed E-state index contributed by atoms with van der Waals surface area (Å²) >= 11 is 16.9. The van der Waals surface area contributed by atoms with Crippen LogP contribution in [0.4, 0.5) is 0 Å². The van der Waals surface area contributed by atoms with Crippen molar-refractivity contribution >= 4 is 40.5 Å². The Balaban J connectivity index is 2.16. The number of hydrogen-bond acceptors (Lipinski definition) is 3. The topological polar surface area (TPSA) is 36.5 Å². The van der Waals surface area contributed by atoms with Crippen LogP contribution in [0.1, 0.15) is 0 Å². The van der Waals surface area contributed by atoms with Crippen LogP contribution in [0, 0.1) is 0 Å². The zero-order valence-electron chi connectivity index (χ0n) is 11.6. The van der Waals surface area contributed by atoms with Crippen molar-refractivity contribution in [2.24, 2.45) is 0 Å². The van der Waals surface area contributed by atoms with E-state index in [0.29, 0.717) is 34.1 Å². The maximum Gasteiger partial charge on any atom is 0.166 e. The number of likely N-dealkylation sites (N-methyl/N-ethyl adjacent to an activating group) is 1. The largest absolute Gasteiger partial charge is 0.492 e.